The van der Waals surface area contributed by atoms with E-state index in [0.717, 1.165) is 71.1 Å². The molecule has 0 radical (unpaired) electrons. The third-order valence-electron chi connectivity index (χ3n) is 6.39. The Kier molecular flexibility index (Phi) is 14.9. The normalized spacial score (nSPS) is 17.7. The molecule has 0 aromatic heterocycles. The van der Waals surface area contributed by atoms with Crippen molar-refractivity contribution < 1.29 is 23.8 Å². The summed E-state index contributed by atoms with van der Waals surface area (Å²) in [5.74, 6) is -0.0208. The third kappa shape index (κ3) is 13.4. The van der Waals surface area contributed by atoms with Crippen LogP contribution in [0.3, 0.4) is 0 Å². The van der Waals surface area contributed by atoms with Crippen LogP contribution in [0.2, 0.25) is 0 Å². The Hall–Kier alpha value is -1.14. The summed E-state index contributed by atoms with van der Waals surface area (Å²) in [6, 6.07) is 0. The van der Waals surface area contributed by atoms with E-state index in [1.807, 2.05) is 4.90 Å². The minimum atomic E-state index is -0.158. The molecule has 2 atom stereocenters. The Morgan fingerprint density at radius 1 is 1.06 bits per heavy atom. The highest BCUT2D eigenvalue weighted by Crippen LogP contribution is 2.28. The molecule has 1 heterocycles. The molecule has 6 heteroatoms. The first-order valence-electron chi connectivity index (χ1n) is 12.9. The van der Waals surface area contributed by atoms with E-state index in [1.54, 1.807) is 6.92 Å². The molecule has 0 saturated carbocycles. The van der Waals surface area contributed by atoms with Crippen molar-refractivity contribution in [1.29, 1.82) is 0 Å². The molecule has 2 unspecified atom stereocenters. The number of hydrogen-bond donors (Lipinski definition) is 0. The Labute approximate surface area is 196 Å². The largest absolute Gasteiger partial charge is 0.469 e. The summed E-state index contributed by atoms with van der Waals surface area (Å²) in [6.45, 7) is 10.4. The number of carbonyl (C=O) groups excluding carboxylic acids is 2. The van der Waals surface area contributed by atoms with Gasteiger partial charge >= 0.3 is 5.97 Å². The molecule has 0 aromatic rings. The van der Waals surface area contributed by atoms with E-state index in [2.05, 4.69) is 20.8 Å². The molecule has 0 spiro atoms. The molecule has 1 rings (SSSR count). The molecule has 1 aliphatic rings. The van der Waals surface area contributed by atoms with E-state index in [4.69, 9.17) is 14.2 Å². The summed E-state index contributed by atoms with van der Waals surface area (Å²) in [6.07, 6.45) is 13.4. The molecule has 1 aliphatic heterocycles. The zero-order valence-electron chi connectivity index (χ0n) is 21.5. The summed E-state index contributed by atoms with van der Waals surface area (Å²) >= 11 is 0. The summed E-state index contributed by atoms with van der Waals surface area (Å²) < 4.78 is 16.9. The third-order valence-corrected chi connectivity index (χ3v) is 6.39. The molecular weight excluding hydrogens is 406 g/mol. The van der Waals surface area contributed by atoms with Crippen molar-refractivity contribution >= 4 is 11.9 Å². The highest BCUT2D eigenvalue weighted by atomic mass is 16.7. The van der Waals surface area contributed by atoms with Crippen LogP contribution in [0.25, 0.3) is 0 Å². The summed E-state index contributed by atoms with van der Waals surface area (Å²) in [5.41, 5.74) is -0.0710. The molecule has 32 heavy (non-hydrogen) atoms. The lowest BCUT2D eigenvalue weighted by atomic mass is 9.84. The van der Waals surface area contributed by atoms with Crippen LogP contribution in [0.15, 0.2) is 0 Å². The van der Waals surface area contributed by atoms with Crippen molar-refractivity contribution in [2.75, 3.05) is 26.8 Å². The second-order valence-corrected chi connectivity index (χ2v) is 10.1. The fourth-order valence-corrected chi connectivity index (χ4v) is 4.33. The minimum Gasteiger partial charge on any atom is -0.469 e. The van der Waals surface area contributed by atoms with Gasteiger partial charge in [-0.1, -0.05) is 46.5 Å². The van der Waals surface area contributed by atoms with E-state index in [-0.39, 0.29) is 29.7 Å². The SMILES string of the molecule is CCCCCC(CCCN(CCCCC(C)(C)CC(=O)OC)C(C)=O)OC1CCCCO1. The lowest BCUT2D eigenvalue weighted by molar-refractivity contribution is -0.191. The number of carbonyl (C=O) groups is 2. The van der Waals surface area contributed by atoms with Gasteiger partial charge in [-0.05, 0) is 56.8 Å². The van der Waals surface area contributed by atoms with Gasteiger partial charge in [0.05, 0.1) is 19.6 Å². The van der Waals surface area contributed by atoms with Crippen LogP contribution in [0.1, 0.15) is 111 Å². The molecule has 6 nitrogen and oxygen atoms in total. The summed E-state index contributed by atoms with van der Waals surface area (Å²) in [5, 5.41) is 0. The van der Waals surface area contributed by atoms with E-state index >= 15 is 0 Å². The molecule has 0 N–H and O–H groups in total. The number of rotatable bonds is 17. The Morgan fingerprint density at radius 3 is 2.41 bits per heavy atom. The molecule has 0 aromatic carbocycles. The quantitative estimate of drug-likeness (QED) is 0.203. The summed E-state index contributed by atoms with van der Waals surface area (Å²) in [7, 11) is 1.44. The zero-order chi connectivity index (χ0) is 23.8. The maximum Gasteiger partial charge on any atom is 0.306 e. The maximum atomic E-state index is 12.1. The number of esters is 1. The van der Waals surface area contributed by atoms with Crippen molar-refractivity contribution in [2.45, 2.75) is 124 Å². The van der Waals surface area contributed by atoms with Crippen LogP contribution in [-0.4, -0.2) is 56.0 Å². The Bertz CT molecular complexity index is 516. The molecule has 0 bridgehead atoms. The Balaban J connectivity index is 2.38. The molecule has 1 fully saturated rings. The van der Waals surface area contributed by atoms with Gasteiger partial charge in [-0.2, -0.15) is 0 Å². The molecule has 1 amide bonds. The predicted molar refractivity (Wildman–Crippen MR) is 128 cm³/mol. The van der Waals surface area contributed by atoms with Crippen molar-refractivity contribution in [3.8, 4) is 0 Å². The van der Waals surface area contributed by atoms with Gasteiger partial charge in [0.25, 0.3) is 0 Å². The topological polar surface area (TPSA) is 65.1 Å². The standard InChI is InChI=1S/C26H49NO5/c1-6-7-8-14-23(32-25-16-9-12-20-31-25)15-13-19-27(22(2)28)18-11-10-17-26(3,4)21-24(29)30-5/h23,25H,6-21H2,1-5H3. The van der Waals surface area contributed by atoms with Gasteiger partial charge in [0.1, 0.15) is 0 Å². The van der Waals surface area contributed by atoms with Gasteiger partial charge in [-0.15, -0.1) is 0 Å². The smallest absolute Gasteiger partial charge is 0.306 e. The molecule has 1 saturated heterocycles. The van der Waals surface area contributed by atoms with Gasteiger partial charge in [0.15, 0.2) is 6.29 Å². The predicted octanol–water partition coefficient (Wildman–Crippen LogP) is 5.87. The van der Waals surface area contributed by atoms with Gasteiger partial charge in [0.2, 0.25) is 5.91 Å². The second-order valence-electron chi connectivity index (χ2n) is 10.1. The van der Waals surface area contributed by atoms with Gasteiger partial charge < -0.3 is 19.1 Å². The number of hydrogen-bond acceptors (Lipinski definition) is 5. The maximum absolute atomic E-state index is 12.1. The highest BCUT2D eigenvalue weighted by molar-refractivity contribution is 5.73. The van der Waals surface area contributed by atoms with Crippen molar-refractivity contribution in [1.82, 2.24) is 4.90 Å². The van der Waals surface area contributed by atoms with Gasteiger partial charge in [0, 0.05) is 26.6 Å². The Morgan fingerprint density at radius 2 is 1.78 bits per heavy atom. The number of ether oxygens (including phenoxy) is 3. The van der Waals surface area contributed by atoms with E-state index < -0.39 is 0 Å². The van der Waals surface area contributed by atoms with Crippen molar-refractivity contribution in [3.63, 3.8) is 0 Å². The average molecular weight is 456 g/mol. The van der Waals surface area contributed by atoms with Crippen LogP contribution >= 0.6 is 0 Å². The molecule has 0 aliphatic carbocycles. The van der Waals surface area contributed by atoms with Crippen molar-refractivity contribution in [2.24, 2.45) is 5.41 Å². The van der Waals surface area contributed by atoms with Crippen LogP contribution in [0.5, 0.6) is 0 Å². The first-order chi connectivity index (χ1) is 15.3. The van der Waals surface area contributed by atoms with Crippen LogP contribution in [0.4, 0.5) is 0 Å². The second kappa shape index (κ2) is 16.5. The van der Waals surface area contributed by atoms with Gasteiger partial charge in [-0.3, -0.25) is 9.59 Å². The van der Waals surface area contributed by atoms with E-state index in [9.17, 15) is 9.59 Å². The van der Waals surface area contributed by atoms with E-state index in [1.165, 1.54) is 32.8 Å². The number of methoxy groups -OCH3 is 1. The average Bonchev–Trinajstić information content (AvgIpc) is 2.75. The van der Waals surface area contributed by atoms with Crippen LogP contribution < -0.4 is 0 Å². The summed E-state index contributed by atoms with van der Waals surface area (Å²) in [4.78, 5) is 25.6. The number of amides is 1. The molecule has 188 valence electrons. The fourth-order valence-electron chi connectivity index (χ4n) is 4.33. The van der Waals surface area contributed by atoms with Crippen LogP contribution in [0, 0.1) is 5.41 Å². The lowest BCUT2D eigenvalue weighted by Gasteiger charge is -2.29. The highest BCUT2D eigenvalue weighted by Gasteiger charge is 2.23. The lowest BCUT2D eigenvalue weighted by Crippen LogP contribution is -2.32. The first kappa shape index (κ1) is 28.9. The minimum absolute atomic E-state index is 0.0485. The number of nitrogens with zero attached hydrogens (tertiary/aromatic N) is 1. The van der Waals surface area contributed by atoms with Crippen molar-refractivity contribution in [3.05, 3.63) is 0 Å². The fraction of sp³-hybridized carbons (Fsp3) is 0.923. The first-order valence-corrected chi connectivity index (χ1v) is 12.9. The monoisotopic (exact) mass is 455 g/mol. The zero-order valence-corrected chi connectivity index (χ0v) is 21.5. The van der Waals surface area contributed by atoms with Crippen LogP contribution in [-0.2, 0) is 23.8 Å². The van der Waals surface area contributed by atoms with Gasteiger partial charge in [-0.25, -0.2) is 0 Å². The molecular formula is C26H49NO5. The van der Waals surface area contributed by atoms with E-state index in [0.29, 0.717) is 6.42 Å². The number of unbranched alkanes of at least 4 members (excludes halogenated alkanes) is 3.